The fourth-order valence-corrected chi connectivity index (χ4v) is 1.63. The monoisotopic (exact) mass is 232 g/mol. The summed E-state index contributed by atoms with van der Waals surface area (Å²) in [5.74, 6) is 0.482. The molecule has 0 aromatic heterocycles. The zero-order valence-corrected chi connectivity index (χ0v) is 10.8. The molecule has 0 N–H and O–H groups in total. The van der Waals surface area contributed by atoms with Crippen LogP contribution in [0.4, 0.5) is 0 Å². The highest BCUT2D eigenvalue weighted by molar-refractivity contribution is 5.97. The summed E-state index contributed by atoms with van der Waals surface area (Å²) < 4.78 is 0. The van der Waals surface area contributed by atoms with Gasteiger partial charge in [-0.25, -0.2) is 0 Å². The Bertz CT molecular complexity index is 388. The van der Waals surface area contributed by atoms with Crippen LogP contribution in [0.2, 0.25) is 0 Å². The molecule has 1 rings (SSSR count). The number of Topliss-reactive ketones (excluding diaryl/α,β-unsaturated/α-hetero) is 2. The lowest BCUT2D eigenvalue weighted by atomic mass is 9.98. The minimum absolute atomic E-state index is 0.0301. The molecule has 2 heteroatoms. The molecule has 0 radical (unpaired) electrons. The van der Waals surface area contributed by atoms with Crippen molar-refractivity contribution in [2.45, 2.75) is 40.0 Å². The lowest BCUT2D eigenvalue weighted by molar-refractivity contribution is -0.118. The Balaban J connectivity index is 2.62. The molecule has 0 fully saturated rings. The summed E-state index contributed by atoms with van der Waals surface area (Å²) in [6.45, 7) is 5.68. The van der Waals surface area contributed by atoms with Crippen molar-refractivity contribution in [3.63, 3.8) is 0 Å². The Hall–Kier alpha value is -1.44. The molecule has 92 valence electrons. The summed E-state index contributed by atoms with van der Waals surface area (Å²) in [6.07, 6.45) is 1.96. The molecule has 0 amide bonds. The number of ketones is 2. The van der Waals surface area contributed by atoms with Crippen molar-refractivity contribution in [2.24, 2.45) is 5.92 Å². The van der Waals surface area contributed by atoms with E-state index in [1.54, 1.807) is 0 Å². The zero-order valence-electron chi connectivity index (χ0n) is 10.8. The van der Waals surface area contributed by atoms with E-state index in [2.05, 4.69) is 0 Å². The summed E-state index contributed by atoms with van der Waals surface area (Å²) >= 11 is 0. The largest absolute Gasteiger partial charge is 0.300 e. The van der Waals surface area contributed by atoms with E-state index in [1.807, 2.05) is 45.0 Å². The standard InChI is InChI=1S/C15H20O2/c1-4-14(16)10-7-12-5-8-13(9-6-12)15(17)11(2)3/h5-6,8-9,11H,4,7,10H2,1-3H3. The summed E-state index contributed by atoms with van der Waals surface area (Å²) in [6, 6.07) is 7.60. The van der Waals surface area contributed by atoms with E-state index in [4.69, 9.17) is 0 Å². The van der Waals surface area contributed by atoms with E-state index in [0.717, 1.165) is 17.5 Å². The van der Waals surface area contributed by atoms with Crippen LogP contribution in [0.3, 0.4) is 0 Å². The van der Waals surface area contributed by atoms with Crippen molar-refractivity contribution in [3.8, 4) is 0 Å². The number of aryl methyl sites for hydroxylation is 1. The van der Waals surface area contributed by atoms with Crippen molar-refractivity contribution >= 4 is 11.6 Å². The van der Waals surface area contributed by atoms with Crippen molar-refractivity contribution < 1.29 is 9.59 Å². The molecule has 0 unspecified atom stereocenters. The van der Waals surface area contributed by atoms with E-state index >= 15 is 0 Å². The van der Waals surface area contributed by atoms with Crippen LogP contribution >= 0.6 is 0 Å². The number of carbonyl (C=O) groups excluding carboxylic acids is 2. The van der Waals surface area contributed by atoms with Gasteiger partial charge in [0.05, 0.1) is 0 Å². The summed E-state index contributed by atoms with van der Waals surface area (Å²) in [7, 11) is 0. The highest BCUT2D eigenvalue weighted by Crippen LogP contribution is 2.11. The van der Waals surface area contributed by atoms with Gasteiger partial charge in [0.25, 0.3) is 0 Å². The Kier molecular flexibility index (Phi) is 5.08. The first-order valence-corrected chi connectivity index (χ1v) is 6.19. The first-order chi connectivity index (χ1) is 8.04. The third-order valence-corrected chi connectivity index (χ3v) is 2.85. The third-order valence-electron chi connectivity index (χ3n) is 2.85. The van der Waals surface area contributed by atoms with Crippen LogP contribution in [-0.2, 0) is 11.2 Å². The number of hydrogen-bond donors (Lipinski definition) is 0. The van der Waals surface area contributed by atoms with Crippen LogP contribution in [0.1, 0.15) is 49.5 Å². The molecule has 0 saturated carbocycles. The summed E-state index contributed by atoms with van der Waals surface area (Å²) in [5, 5.41) is 0. The topological polar surface area (TPSA) is 34.1 Å². The molecule has 0 aliphatic carbocycles. The van der Waals surface area contributed by atoms with Gasteiger partial charge in [-0.1, -0.05) is 45.0 Å². The van der Waals surface area contributed by atoms with Crippen LogP contribution < -0.4 is 0 Å². The Morgan fingerprint density at radius 3 is 2.18 bits per heavy atom. The highest BCUT2D eigenvalue weighted by atomic mass is 16.1. The van der Waals surface area contributed by atoms with Crippen molar-refractivity contribution in [3.05, 3.63) is 35.4 Å². The summed E-state index contributed by atoms with van der Waals surface area (Å²) in [5.41, 5.74) is 1.87. The van der Waals surface area contributed by atoms with E-state index in [1.165, 1.54) is 0 Å². The lowest BCUT2D eigenvalue weighted by Crippen LogP contribution is -2.07. The Morgan fingerprint density at radius 2 is 1.71 bits per heavy atom. The molecule has 0 saturated heterocycles. The van der Waals surface area contributed by atoms with Gasteiger partial charge in [0.15, 0.2) is 5.78 Å². The number of hydrogen-bond acceptors (Lipinski definition) is 2. The molecule has 0 heterocycles. The van der Waals surface area contributed by atoms with Gasteiger partial charge in [0, 0.05) is 24.3 Å². The predicted molar refractivity (Wildman–Crippen MR) is 69.2 cm³/mol. The van der Waals surface area contributed by atoms with Gasteiger partial charge in [-0.3, -0.25) is 9.59 Å². The zero-order chi connectivity index (χ0) is 12.8. The van der Waals surface area contributed by atoms with Crippen LogP contribution in [0.15, 0.2) is 24.3 Å². The first-order valence-electron chi connectivity index (χ1n) is 6.19. The number of carbonyl (C=O) groups is 2. The van der Waals surface area contributed by atoms with Crippen molar-refractivity contribution in [2.75, 3.05) is 0 Å². The molecule has 1 aromatic rings. The number of benzene rings is 1. The predicted octanol–water partition coefficient (Wildman–Crippen LogP) is 3.44. The number of rotatable bonds is 6. The van der Waals surface area contributed by atoms with Gasteiger partial charge in [-0.2, -0.15) is 0 Å². The minimum Gasteiger partial charge on any atom is -0.300 e. The van der Waals surface area contributed by atoms with Crippen molar-refractivity contribution in [1.82, 2.24) is 0 Å². The van der Waals surface area contributed by atoms with Gasteiger partial charge in [0.2, 0.25) is 0 Å². The minimum atomic E-state index is 0.0301. The molecule has 2 nitrogen and oxygen atoms in total. The Morgan fingerprint density at radius 1 is 1.12 bits per heavy atom. The molecular weight excluding hydrogens is 212 g/mol. The maximum Gasteiger partial charge on any atom is 0.165 e. The van der Waals surface area contributed by atoms with Gasteiger partial charge >= 0.3 is 0 Å². The van der Waals surface area contributed by atoms with Gasteiger partial charge in [-0.15, -0.1) is 0 Å². The van der Waals surface area contributed by atoms with E-state index in [-0.39, 0.29) is 17.5 Å². The average molecular weight is 232 g/mol. The second-order valence-corrected chi connectivity index (χ2v) is 4.61. The maximum atomic E-state index is 11.7. The molecule has 0 aliphatic heterocycles. The maximum absolute atomic E-state index is 11.7. The third kappa shape index (κ3) is 4.14. The van der Waals surface area contributed by atoms with E-state index < -0.39 is 0 Å². The molecule has 17 heavy (non-hydrogen) atoms. The van der Waals surface area contributed by atoms with E-state index in [0.29, 0.717) is 12.8 Å². The molecule has 0 bridgehead atoms. The Labute approximate surface area is 103 Å². The van der Waals surface area contributed by atoms with Crippen LogP contribution in [0.25, 0.3) is 0 Å². The second-order valence-electron chi connectivity index (χ2n) is 4.61. The second kappa shape index (κ2) is 6.33. The van der Waals surface area contributed by atoms with Gasteiger partial charge in [-0.05, 0) is 12.0 Å². The first kappa shape index (κ1) is 13.6. The molecular formula is C15H20O2. The highest BCUT2D eigenvalue weighted by Gasteiger charge is 2.09. The fraction of sp³-hybridized carbons (Fsp3) is 0.467. The normalized spacial score (nSPS) is 10.6. The van der Waals surface area contributed by atoms with Gasteiger partial charge < -0.3 is 0 Å². The molecule has 0 atom stereocenters. The SMILES string of the molecule is CCC(=O)CCc1ccc(C(=O)C(C)C)cc1. The quantitative estimate of drug-likeness (QED) is 0.704. The van der Waals surface area contributed by atoms with Gasteiger partial charge in [0.1, 0.15) is 5.78 Å². The van der Waals surface area contributed by atoms with Crippen LogP contribution in [0.5, 0.6) is 0 Å². The van der Waals surface area contributed by atoms with Crippen molar-refractivity contribution in [1.29, 1.82) is 0 Å². The molecule has 1 aromatic carbocycles. The van der Waals surface area contributed by atoms with E-state index in [9.17, 15) is 9.59 Å². The molecule has 0 aliphatic rings. The smallest absolute Gasteiger partial charge is 0.165 e. The van der Waals surface area contributed by atoms with Crippen LogP contribution in [-0.4, -0.2) is 11.6 Å². The average Bonchev–Trinajstić information content (AvgIpc) is 2.35. The molecule has 0 spiro atoms. The lowest BCUT2D eigenvalue weighted by Gasteiger charge is -2.05. The fourth-order valence-electron chi connectivity index (χ4n) is 1.63. The summed E-state index contributed by atoms with van der Waals surface area (Å²) in [4.78, 5) is 22.9. The van der Waals surface area contributed by atoms with Crippen LogP contribution in [0, 0.1) is 5.92 Å².